The highest BCUT2D eigenvalue weighted by molar-refractivity contribution is 7.12. The first-order valence-electron chi connectivity index (χ1n) is 6.24. The Bertz CT molecular complexity index is 904. The van der Waals surface area contributed by atoms with E-state index >= 15 is 0 Å². The average Bonchev–Trinajstić information content (AvgIpc) is 2.98. The molecule has 0 bridgehead atoms. The molecule has 2 aromatic heterocycles. The van der Waals surface area contributed by atoms with Crippen LogP contribution in [0.5, 0.6) is 0 Å². The lowest BCUT2D eigenvalue weighted by Gasteiger charge is -2.07. The quantitative estimate of drug-likeness (QED) is 0.550. The third kappa shape index (κ3) is 2.21. The minimum absolute atomic E-state index is 0.122. The molecular weight excluding hydrogens is 288 g/mol. The van der Waals surface area contributed by atoms with Crippen molar-refractivity contribution in [3.05, 3.63) is 68.2 Å². The molecule has 0 unspecified atom stereocenters. The van der Waals surface area contributed by atoms with Crippen LogP contribution in [0.15, 0.2) is 51.0 Å². The molecule has 2 heterocycles. The number of carbonyl (C=O) groups is 2. The van der Waals surface area contributed by atoms with Crippen LogP contribution < -0.4 is 5.63 Å². The largest absolute Gasteiger partial charge is 0.422 e. The first-order valence-corrected chi connectivity index (χ1v) is 7.12. The Labute approximate surface area is 123 Å². The van der Waals surface area contributed by atoms with Gasteiger partial charge in [-0.25, -0.2) is 4.79 Å². The fourth-order valence-electron chi connectivity index (χ4n) is 2.24. The van der Waals surface area contributed by atoms with E-state index in [2.05, 4.69) is 0 Å². The molecule has 0 spiro atoms. The first-order chi connectivity index (χ1) is 10.1. The van der Waals surface area contributed by atoms with E-state index in [4.69, 9.17) is 4.42 Å². The number of rotatable bonds is 3. The van der Waals surface area contributed by atoms with E-state index in [0.717, 1.165) is 0 Å². The van der Waals surface area contributed by atoms with Gasteiger partial charge in [-0.3, -0.25) is 9.59 Å². The van der Waals surface area contributed by atoms with E-state index < -0.39 is 11.4 Å². The summed E-state index contributed by atoms with van der Waals surface area (Å²) in [6.07, 6.45) is 0. The Balaban J connectivity index is 2.43. The summed E-state index contributed by atoms with van der Waals surface area (Å²) >= 11 is 1.27. The summed E-state index contributed by atoms with van der Waals surface area (Å²) in [5.41, 5.74) is -0.544. The van der Waals surface area contributed by atoms with Crippen molar-refractivity contribution in [3.8, 4) is 0 Å². The van der Waals surface area contributed by atoms with Crippen LogP contribution in [-0.4, -0.2) is 11.6 Å². The minimum atomic E-state index is -0.777. The van der Waals surface area contributed by atoms with Gasteiger partial charge in [0, 0.05) is 5.39 Å². The van der Waals surface area contributed by atoms with Gasteiger partial charge in [0.25, 0.3) is 0 Å². The van der Waals surface area contributed by atoms with Gasteiger partial charge in [0.15, 0.2) is 5.78 Å². The summed E-state index contributed by atoms with van der Waals surface area (Å²) in [6.45, 7) is 1.26. The van der Waals surface area contributed by atoms with Gasteiger partial charge in [-0.15, -0.1) is 11.3 Å². The monoisotopic (exact) mass is 298 g/mol. The number of hydrogen-bond acceptors (Lipinski definition) is 5. The molecule has 0 aliphatic carbocycles. The highest BCUT2D eigenvalue weighted by Crippen LogP contribution is 2.25. The van der Waals surface area contributed by atoms with Crippen LogP contribution >= 0.6 is 11.3 Å². The highest BCUT2D eigenvalue weighted by atomic mass is 32.1. The van der Waals surface area contributed by atoms with Crippen molar-refractivity contribution in [3.63, 3.8) is 0 Å². The van der Waals surface area contributed by atoms with Crippen molar-refractivity contribution in [1.29, 1.82) is 0 Å². The second-order valence-electron chi connectivity index (χ2n) is 4.50. The molecule has 21 heavy (non-hydrogen) atoms. The number of para-hydroxylation sites is 1. The second-order valence-corrected chi connectivity index (χ2v) is 5.45. The third-order valence-corrected chi connectivity index (χ3v) is 4.01. The van der Waals surface area contributed by atoms with Crippen molar-refractivity contribution >= 4 is 33.9 Å². The summed E-state index contributed by atoms with van der Waals surface area (Å²) in [7, 11) is 0. The topological polar surface area (TPSA) is 64.3 Å². The zero-order chi connectivity index (χ0) is 15.0. The lowest BCUT2D eigenvalue weighted by Crippen LogP contribution is -2.19. The van der Waals surface area contributed by atoms with Crippen LogP contribution in [0.4, 0.5) is 0 Å². The summed E-state index contributed by atoms with van der Waals surface area (Å²) in [5, 5.41) is 2.24. The number of hydrogen-bond donors (Lipinski definition) is 0. The molecule has 0 aliphatic rings. The molecule has 3 rings (SSSR count). The molecule has 0 atom stereocenters. The van der Waals surface area contributed by atoms with Crippen molar-refractivity contribution in [2.24, 2.45) is 0 Å². The minimum Gasteiger partial charge on any atom is -0.422 e. The van der Waals surface area contributed by atoms with Crippen molar-refractivity contribution < 1.29 is 14.0 Å². The summed E-state index contributed by atoms with van der Waals surface area (Å²) in [4.78, 5) is 37.0. The molecule has 4 nitrogen and oxygen atoms in total. The molecule has 3 aromatic rings. The van der Waals surface area contributed by atoms with Gasteiger partial charge in [-0.1, -0.05) is 24.3 Å². The molecule has 0 saturated carbocycles. The maximum atomic E-state index is 12.7. The fraction of sp³-hybridized carbons (Fsp3) is 0.0625. The van der Waals surface area contributed by atoms with E-state index in [1.807, 2.05) is 0 Å². The van der Waals surface area contributed by atoms with Gasteiger partial charge in [0.2, 0.25) is 5.78 Å². The molecule has 0 amide bonds. The van der Waals surface area contributed by atoms with Gasteiger partial charge < -0.3 is 4.42 Å². The Morgan fingerprint density at radius 2 is 1.81 bits per heavy atom. The second kappa shape index (κ2) is 5.10. The zero-order valence-electron chi connectivity index (χ0n) is 11.1. The average molecular weight is 298 g/mol. The number of benzene rings is 1. The molecule has 0 radical (unpaired) electrons. The smallest absolute Gasteiger partial charge is 0.347 e. The Morgan fingerprint density at radius 3 is 2.48 bits per heavy atom. The van der Waals surface area contributed by atoms with Gasteiger partial charge in [-0.2, -0.15) is 0 Å². The van der Waals surface area contributed by atoms with Crippen LogP contribution in [0.3, 0.4) is 0 Å². The van der Waals surface area contributed by atoms with Crippen molar-refractivity contribution in [2.75, 3.05) is 0 Å². The van der Waals surface area contributed by atoms with E-state index in [0.29, 0.717) is 15.8 Å². The number of fused-ring (bicyclic) bond motifs is 1. The molecule has 0 saturated heterocycles. The van der Waals surface area contributed by atoms with Gasteiger partial charge in [-0.05, 0) is 24.4 Å². The number of ketones is 2. The van der Waals surface area contributed by atoms with Crippen LogP contribution in [0.1, 0.15) is 32.5 Å². The maximum absolute atomic E-state index is 12.7. The SMILES string of the molecule is CC(=O)c1c(C(=O)c2cccs2)c2ccccc2oc1=O. The number of thiophene rings is 1. The molecule has 0 aliphatic heterocycles. The van der Waals surface area contributed by atoms with Crippen LogP contribution in [-0.2, 0) is 0 Å². The zero-order valence-corrected chi connectivity index (χ0v) is 11.9. The van der Waals surface area contributed by atoms with E-state index in [-0.39, 0.29) is 16.9 Å². The van der Waals surface area contributed by atoms with E-state index in [1.165, 1.54) is 18.3 Å². The molecule has 1 aromatic carbocycles. The van der Waals surface area contributed by atoms with Crippen LogP contribution in [0.25, 0.3) is 11.0 Å². The summed E-state index contributed by atoms with van der Waals surface area (Å²) < 4.78 is 5.14. The van der Waals surface area contributed by atoms with Gasteiger partial charge in [0.05, 0.1) is 10.4 Å². The normalized spacial score (nSPS) is 10.7. The first kappa shape index (κ1) is 13.5. The molecule has 5 heteroatoms. The molecule has 104 valence electrons. The fourth-order valence-corrected chi connectivity index (χ4v) is 2.91. The maximum Gasteiger partial charge on any atom is 0.347 e. The molecule has 0 N–H and O–H groups in total. The Hall–Kier alpha value is -2.53. The van der Waals surface area contributed by atoms with Crippen molar-refractivity contribution in [1.82, 2.24) is 0 Å². The van der Waals surface area contributed by atoms with Gasteiger partial charge in [0.1, 0.15) is 11.1 Å². The van der Waals surface area contributed by atoms with Crippen LogP contribution in [0.2, 0.25) is 0 Å². The van der Waals surface area contributed by atoms with Crippen LogP contribution in [0, 0.1) is 0 Å². The Kier molecular flexibility index (Phi) is 3.27. The van der Waals surface area contributed by atoms with E-state index in [1.54, 1.807) is 41.8 Å². The molecular formula is C16H10O4S. The highest BCUT2D eigenvalue weighted by Gasteiger charge is 2.24. The lowest BCUT2D eigenvalue weighted by molar-refractivity contribution is 0.0988. The summed E-state index contributed by atoms with van der Waals surface area (Å²) in [6, 6.07) is 10.1. The van der Waals surface area contributed by atoms with Crippen molar-refractivity contribution in [2.45, 2.75) is 6.92 Å². The van der Waals surface area contributed by atoms with E-state index in [9.17, 15) is 14.4 Å². The van der Waals surface area contributed by atoms with Gasteiger partial charge >= 0.3 is 5.63 Å². The number of carbonyl (C=O) groups excluding carboxylic acids is 2. The Morgan fingerprint density at radius 1 is 1.05 bits per heavy atom. The predicted octanol–water partition coefficient (Wildman–Crippen LogP) is 3.29. The predicted molar refractivity (Wildman–Crippen MR) is 80.2 cm³/mol. The lowest BCUT2D eigenvalue weighted by atomic mass is 9.97. The summed E-state index contributed by atoms with van der Waals surface area (Å²) in [5.74, 6) is -0.811. The number of Topliss-reactive ketones (excluding diaryl/α,β-unsaturated/α-hetero) is 1. The third-order valence-electron chi connectivity index (χ3n) is 3.14. The standard InChI is InChI=1S/C16H10O4S/c1-9(17)13-14(15(18)12-7-4-8-21-12)10-5-2-3-6-11(10)20-16(13)19/h2-8H,1H3. The molecule has 0 fully saturated rings.